The number of benzene rings is 3. The van der Waals surface area contributed by atoms with Crippen molar-refractivity contribution in [3.05, 3.63) is 111 Å². The van der Waals surface area contributed by atoms with Crippen molar-refractivity contribution in [1.82, 2.24) is 14.5 Å². The zero-order chi connectivity index (χ0) is 32.5. The fourth-order valence-corrected chi connectivity index (χ4v) is 5.00. The summed E-state index contributed by atoms with van der Waals surface area (Å²) >= 11 is 0. The molecule has 0 aliphatic heterocycles. The van der Waals surface area contributed by atoms with Gasteiger partial charge < -0.3 is 29.7 Å². The van der Waals surface area contributed by atoms with Gasteiger partial charge in [-0.05, 0) is 99.2 Å². The van der Waals surface area contributed by atoms with Gasteiger partial charge in [-0.15, -0.1) is 0 Å². The molecule has 0 radical (unpaired) electrons. The van der Waals surface area contributed by atoms with Gasteiger partial charge in [0.2, 0.25) is 0 Å². The van der Waals surface area contributed by atoms with Gasteiger partial charge in [0.05, 0.1) is 17.8 Å². The number of H-pyrrole nitrogens is 1. The number of pyridine rings is 1. The number of halogens is 3. The molecule has 0 aliphatic carbocycles. The van der Waals surface area contributed by atoms with E-state index in [1.807, 2.05) is 51.0 Å². The first kappa shape index (κ1) is 31.4. The highest BCUT2D eigenvalue weighted by Gasteiger charge is 2.35. The van der Waals surface area contributed by atoms with Gasteiger partial charge in [0.15, 0.2) is 0 Å². The van der Waals surface area contributed by atoms with E-state index in [4.69, 9.17) is 15.2 Å². The number of nitrogens with zero attached hydrogens (tertiary/aromatic N) is 2. The van der Waals surface area contributed by atoms with Crippen LogP contribution in [0.4, 0.5) is 18.9 Å². The highest BCUT2D eigenvalue weighted by Crippen LogP contribution is 2.36. The molecule has 2 aromatic heterocycles. The van der Waals surface area contributed by atoms with E-state index < -0.39 is 29.0 Å². The first-order valence-corrected chi connectivity index (χ1v) is 14.2. The highest BCUT2D eigenvalue weighted by molar-refractivity contribution is 5.95. The van der Waals surface area contributed by atoms with Crippen LogP contribution in [0.1, 0.15) is 32.7 Å². The molecule has 8 nitrogen and oxygen atoms in total. The van der Waals surface area contributed by atoms with E-state index in [0.717, 1.165) is 33.7 Å². The lowest BCUT2D eigenvalue weighted by Crippen LogP contribution is -2.29. The van der Waals surface area contributed by atoms with E-state index in [0.29, 0.717) is 29.3 Å². The number of aromatic nitrogens is 2. The van der Waals surface area contributed by atoms with Gasteiger partial charge in [0.1, 0.15) is 29.5 Å². The second-order valence-electron chi connectivity index (χ2n) is 11.2. The van der Waals surface area contributed by atoms with E-state index in [9.17, 15) is 22.8 Å². The molecular weight excluding hydrogens is 585 g/mol. The lowest BCUT2D eigenvalue weighted by atomic mass is 10.0. The minimum atomic E-state index is -4.81. The molecule has 0 spiro atoms. The summed E-state index contributed by atoms with van der Waals surface area (Å²) in [5.74, 6) is 0.450. The number of likely N-dealkylation sites (N-methyl/N-ethyl adjacent to an activating group) is 1. The summed E-state index contributed by atoms with van der Waals surface area (Å²) in [5, 5.41) is 0.737. The van der Waals surface area contributed by atoms with Crippen molar-refractivity contribution < 1.29 is 27.4 Å². The number of nitrogen functional groups attached to an aromatic ring is 1. The molecule has 0 saturated heterocycles. The van der Waals surface area contributed by atoms with E-state index in [-0.39, 0.29) is 18.8 Å². The van der Waals surface area contributed by atoms with Crippen LogP contribution in [0.2, 0.25) is 0 Å². The fourth-order valence-electron chi connectivity index (χ4n) is 5.00. The number of carbonyl (C=O) groups excluding carboxylic acids is 1. The number of ether oxygens (including phenoxy) is 2. The lowest BCUT2D eigenvalue weighted by molar-refractivity contribution is -0.137. The molecule has 0 fully saturated rings. The molecule has 3 aromatic carbocycles. The number of hydrogen-bond acceptors (Lipinski definition) is 6. The number of carbonyl (C=O) groups is 1. The van der Waals surface area contributed by atoms with Gasteiger partial charge in [-0.2, -0.15) is 13.2 Å². The topological polar surface area (TPSA) is 103 Å². The zero-order valence-corrected chi connectivity index (χ0v) is 25.3. The summed E-state index contributed by atoms with van der Waals surface area (Å²) in [6, 6.07) is 19.9. The standard InChI is InChI=1S/C34H33F3N4O4/c1-20-5-6-23(21(2)15-20)19-41-30(18-27(34(35,36)37)31(38)32(41)42)22-7-9-25(10-8-22)45-26-11-12-28-24(16-26)17-29(39-28)33(43)44-14-13-40(3)4/h5-12,15-18,39H,13-14,19,38H2,1-4H3. The van der Waals surface area contributed by atoms with Gasteiger partial charge >= 0.3 is 12.1 Å². The normalized spacial score (nSPS) is 11.7. The average Bonchev–Trinajstić information content (AvgIpc) is 3.40. The number of alkyl halides is 3. The van der Waals surface area contributed by atoms with Crippen LogP contribution >= 0.6 is 0 Å². The predicted molar refractivity (Wildman–Crippen MR) is 168 cm³/mol. The maximum Gasteiger partial charge on any atom is 0.418 e. The Balaban J connectivity index is 1.42. The third kappa shape index (κ3) is 7.04. The average molecular weight is 619 g/mol. The van der Waals surface area contributed by atoms with Crippen LogP contribution in [0.3, 0.4) is 0 Å². The maximum atomic E-state index is 13.9. The van der Waals surface area contributed by atoms with Crippen LogP contribution in [0.15, 0.2) is 77.6 Å². The first-order chi connectivity index (χ1) is 21.3. The lowest BCUT2D eigenvalue weighted by Gasteiger charge is -2.19. The number of esters is 1. The van der Waals surface area contributed by atoms with Crippen LogP contribution < -0.4 is 16.0 Å². The summed E-state index contributed by atoms with van der Waals surface area (Å²) in [7, 11) is 3.78. The molecule has 0 amide bonds. The van der Waals surface area contributed by atoms with Crippen LogP contribution in [-0.2, 0) is 17.5 Å². The van der Waals surface area contributed by atoms with Gasteiger partial charge in [-0.25, -0.2) is 4.79 Å². The van der Waals surface area contributed by atoms with Crippen molar-refractivity contribution in [3.63, 3.8) is 0 Å². The molecule has 0 aliphatic rings. The Kier molecular flexibility index (Phi) is 8.74. The van der Waals surface area contributed by atoms with E-state index in [2.05, 4.69) is 4.98 Å². The molecule has 0 atom stereocenters. The summed E-state index contributed by atoms with van der Waals surface area (Å²) in [4.78, 5) is 30.6. The fraction of sp³-hybridized carbons (Fsp3) is 0.235. The number of aromatic amines is 1. The number of anilines is 1. The molecule has 5 aromatic rings. The second kappa shape index (κ2) is 12.5. The third-order valence-electron chi connectivity index (χ3n) is 7.44. The van der Waals surface area contributed by atoms with Crippen molar-refractivity contribution in [2.45, 2.75) is 26.6 Å². The zero-order valence-electron chi connectivity index (χ0n) is 25.3. The first-order valence-electron chi connectivity index (χ1n) is 14.2. The third-order valence-corrected chi connectivity index (χ3v) is 7.44. The number of fused-ring (bicyclic) bond motifs is 1. The Morgan fingerprint density at radius 3 is 2.33 bits per heavy atom. The smallest absolute Gasteiger partial charge is 0.418 e. The van der Waals surface area contributed by atoms with Gasteiger partial charge in [0.25, 0.3) is 5.56 Å². The maximum absolute atomic E-state index is 13.9. The van der Waals surface area contributed by atoms with E-state index >= 15 is 0 Å². The number of nitrogens with two attached hydrogens (primary N) is 1. The molecule has 234 valence electrons. The van der Waals surface area contributed by atoms with Crippen LogP contribution in [0.5, 0.6) is 11.5 Å². The predicted octanol–water partition coefficient (Wildman–Crippen LogP) is 6.77. The SMILES string of the molecule is Cc1ccc(Cn2c(-c3ccc(Oc4ccc5[nH]c(C(=O)OCCN(C)C)cc5c4)cc3)cc(C(F)(F)F)c(N)c2=O)c(C)c1. The molecule has 0 saturated carbocycles. The van der Waals surface area contributed by atoms with Crippen molar-refractivity contribution >= 4 is 22.6 Å². The van der Waals surface area contributed by atoms with Crippen LogP contribution in [0, 0.1) is 13.8 Å². The molecule has 3 N–H and O–H groups in total. The summed E-state index contributed by atoms with van der Waals surface area (Å²) in [6.07, 6.45) is -4.81. The molecule has 11 heteroatoms. The molecule has 0 bridgehead atoms. The van der Waals surface area contributed by atoms with Gasteiger partial charge in [-0.3, -0.25) is 4.79 Å². The number of nitrogens with one attached hydrogen (secondary N) is 1. The Morgan fingerprint density at radius 1 is 0.956 bits per heavy atom. The minimum absolute atomic E-state index is 0.0444. The summed E-state index contributed by atoms with van der Waals surface area (Å²) < 4.78 is 54.2. The molecule has 2 heterocycles. The highest BCUT2D eigenvalue weighted by atomic mass is 19.4. The monoisotopic (exact) mass is 618 g/mol. The Labute approximate surface area is 257 Å². The Hall–Kier alpha value is -5.03. The van der Waals surface area contributed by atoms with Crippen molar-refractivity contribution in [1.29, 1.82) is 0 Å². The van der Waals surface area contributed by atoms with Crippen molar-refractivity contribution in [2.75, 3.05) is 33.0 Å². The largest absolute Gasteiger partial charge is 0.460 e. The molecular formula is C34H33F3N4O4. The molecule has 0 unspecified atom stereocenters. The number of aryl methyl sites for hydroxylation is 2. The van der Waals surface area contributed by atoms with Crippen LogP contribution in [0.25, 0.3) is 22.2 Å². The number of hydrogen-bond donors (Lipinski definition) is 2. The van der Waals surface area contributed by atoms with Crippen LogP contribution in [-0.4, -0.2) is 47.7 Å². The quantitative estimate of drug-likeness (QED) is 0.177. The number of rotatable bonds is 9. The summed E-state index contributed by atoms with van der Waals surface area (Å²) in [6.45, 7) is 4.74. The molecule has 5 rings (SSSR count). The van der Waals surface area contributed by atoms with Crippen molar-refractivity contribution in [2.24, 2.45) is 0 Å². The molecule has 45 heavy (non-hydrogen) atoms. The summed E-state index contributed by atoms with van der Waals surface area (Å²) in [5.41, 5.74) is 7.01. The Morgan fingerprint density at radius 2 is 1.67 bits per heavy atom. The second-order valence-corrected chi connectivity index (χ2v) is 11.2. The minimum Gasteiger partial charge on any atom is -0.460 e. The van der Waals surface area contributed by atoms with Gasteiger partial charge in [-0.1, -0.05) is 23.8 Å². The van der Waals surface area contributed by atoms with E-state index in [1.165, 1.54) is 4.57 Å². The van der Waals surface area contributed by atoms with E-state index in [1.54, 1.807) is 48.5 Å². The Bertz CT molecular complexity index is 1930. The van der Waals surface area contributed by atoms with Gasteiger partial charge in [0, 0.05) is 17.4 Å². The van der Waals surface area contributed by atoms with Crippen molar-refractivity contribution in [3.8, 4) is 22.8 Å².